The van der Waals surface area contributed by atoms with Crippen LogP contribution in [-0.2, 0) is 11.3 Å². The third kappa shape index (κ3) is 6.12. The number of para-hydroxylation sites is 1. The van der Waals surface area contributed by atoms with Crippen molar-refractivity contribution in [1.29, 1.82) is 0 Å². The SMILES string of the molecule is Cc1cc([C@@H]2[C@@H](c3ccccn3)NC(=S)N2c2ccc(NC(=O)COc3ccccc3)cc2)c(C)n1Cc1cccnc1. The summed E-state index contributed by atoms with van der Waals surface area (Å²) in [5.74, 6) is 0.417. The highest BCUT2D eigenvalue weighted by atomic mass is 32.1. The van der Waals surface area contributed by atoms with Gasteiger partial charge in [-0.05, 0) is 97.9 Å². The molecule has 8 nitrogen and oxygen atoms in total. The first-order valence-electron chi connectivity index (χ1n) is 14.1. The van der Waals surface area contributed by atoms with Crippen molar-refractivity contribution in [3.8, 4) is 5.75 Å². The van der Waals surface area contributed by atoms with Gasteiger partial charge >= 0.3 is 0 Å². The molecule has 2 atom stereocenters. The number of pyridine rings is 2. The van der Waals surface area contributed by atoms with Gasteiger partial charge in [0.1, 0.15) is 5.75 Å². The average Bonchev–Trinajstić information content (AvgIpc) is 3.52. The van der Waals surface area contributed by atoms with Crippen molar-refractivity contribution in [3.63, 3.8) is 0 Å². The number of nitrogens with zero attached hydrogens (tertiary/aromatic N) is 4. The van der Waals surface area contributed by atoms with E-state index in [1.54, 1.807) is 6.20 Å². The van der Waals surface area contributed by atoms with Crippen molar-refractivity contribution in [1.82, 2.24) is 19.9 Å². The van der Waals surface area contributed by atoms with E-state index in [9.17, 15) is 4.79 Å². The predicted octanol–water partition coefficient (Wildman–Crippen LogP) is 6.14. The third-order valence-electron chi connectivity index (χ3n) is 7.64. The van der Waals surface area contributed by atoms with Gasteiger partial charge in [0.05, 0.1) is 17.8 Å². The maximum absolute atomic E-state index is 12.5. The average molecular weight is 589 g/mol. The number of thiocarbonyl (C=S) groups is 1. The second kappa shape index (κ2) is 12.5. The number of benzene rings is 2. The fourth-order valence-electron chi connectivity index (χ4n) is 5.56. The lowest BCUT2D eigenvalue weighted by atomic mass is 9.96. The molecule has 0 unspecified atom stereocenters. The normalized spacial score (nSPS) is 16.1. The topological polar surface area (TPSA) is 84.3 Å². The zero-order chi connectivity index (χ0) is 29.8. The van der Waals surface area contributed by atoms with E-state index in [1.165, 1.54) is 5.56 Å². The molecule has 6 rings (SSSR count). The molecule has 43 heavy (non-hydrogen) atoms. The van der Waals surface area contributed by atoms with Gasteiger partial charge in [0.2, 0.25) is 0 Å². The Kier molecular flexibility index (Phi) is 8.15. The van der Waals surface area contributed by atoms with Gasteiger partial charge in [-0.3, -0.25) is 14.8 Å². The quantitative estimate of drug-likeness (QED) is 0.200. The van der Waals surface area contributed by atoms with Crippen LogP contribution in [0.2, 0.25) is 0 Å². The van der Waals surface area contributed by atoms with Gasteiger partial charge in [-0.2, -0.15) is 0 Å². The Morgan fingerprint density at radius 3 is 2.49 bits per heavy atom. The first-order valence-corrected chi connectivity index (χ1v) is 14.5. The minimum absolute atomic E-state index is 0.0750. The van der Waals surface area contributed by atoms with E-state index in [-0.39, 0.29) is 24.6 Å². The highest BCUT2D eigenvalue weighted by Gasteiger charge is 2.42. The molecule has 0 radical (unpaired) electrons. The van der Waals surface area contributed by atoms with Crippen molar-refractivity contribution < 1.29 is 9.53 Å². The maximum Gasteiger partial charge on any atom is 0.262 e. The van der Waals surface area contributed by atoms with E-state index in [2.05, 4.69) is 56.0 Å². The number of carbonyl (C=O) groups excluding carboxylic acids is 1. The first kappa shape index (κ1) is 28.1. The Morgan fingerprint density at radius 2 is 1.77 bits per heavy atom. The van der Waals surface area contributed by atoms with Gasteiger partial charge in [-0.25, -0.2) is 0 Å². The molecule has 2 N–H and O–H groups in total. The summed E-state index contributed by atoms with van der Waals surface area (Å²) < 4.78 is 7.90. The summed E-state index contributed by atoms with van der Waals surface area (Å²) in [5, 5.41) is 7.07. The molecule has 1 aliphatic heterocycles. The van der Waals surface area contributed by atoms with Crippen molar-refractivity contribution in [2.24, 2.45) is 0 Å². The second-order valence-electron chi connectivity index (χ2n) is 10.5. The number of carbonyl (C=O) groups is 1. The zero-order valence-corrected chi connectivity index (χ0v) is 24.8. The van der Waals surface area contributed by atoms with Gasteiger partial charge in [-0.1, -0.05) is 30.3 Å². The molecule has 2 aromatic carbocycles. The molecular weight excluding hydrogens is 556 g/mol. The Bertz CT molecular complexity index is 1710. The summed E-state index contributed by atoms with van der Waals surface area (Å²) in [7, 11) is 0. The number of aromatic nitrogens is 3. The second-order valence-corrected chi connectivity index (χ2v) is 10.9. The Hall–Kier alpha value is -5.02. The van der Waals surface area contributed by atoms with Crippen LogP contribution in [0, 0.1) is 13.8 Å². The molecule has 9 heteroatoms. The van der Waals surface area contributed by atoms with Crippen LogP contribution < -0.4 is 20.3 Å². The summed E-state index contributed by atoms with van der Waals surface area (Å²) in [6.07, 6.45) is 5.51. The molecule has 5 aromatic rings. The Morgan fingerprint density at radius 1 is 0.977 bits per heavy atom. The maximum atomic E-state index is 12.5. The summed E-state index contributed by atoms with van der Waals surface area (Å²) >= 11 is 5.93. The third-order valence-corrected chi connectivity index (χ3v) is 7.95. The van der Waals surface area contributed by atoms with Gasteiger partial charge in [0.15, 0.2) is 11.7 Å². The number of hydrogen-bond acceptors (Lipinski definition) is 5. The van der Waals surface area contributed by atoms with Crippen LogP contribution in [0.25, 0.3) is 0 Å². The molecule has 1 aliphatic rings. The smallest absolute Gasteiger partial charge is 0.262 e. The molecule has 3 aromatic heterocycles. The van der Waals surface area contributed by atoms with Gasteiger partial charge in [0, 0.05) is 47.9 Å². The van der Waals surface area contributed by atoms with Crippen LogP contribution in [0.3, 0.4) is 0 Å². The standard InChI is InChI=1S/C34H32N6O2S/c1-23-19-29(24(2)39(23)21-25-9-8-17-35-20-25)33-32(30-12-6-7-18-36-30)38-34(43)40(33)27-15-13-26(14-16-27)37-31(41)22-42-28-10-4-3-5-11-28/h3-20,32-33H,21-22H2,1-2H3,(H,37,41)(H,38,43)/t32-,33-/m1/s1. The number of ether oxygens (including phenoxy) is 1. The molecule has 1 amide bonds. The molecule has 0 spiro atoms. The number of rotatable bonds is 9. The summed E-state index contributed by atoms with van der Waals surface area (Å²) in [4.78, 5) is 23.7. The van der Waals surface area contributed by atoms with Crippen LogP contribution in [0.15, 0.2) is 110 Å². The van der Waals surface area contributed by atoms with E-state index < -0.39 is 0 Å². The lowest BCUT2D eigenvalue weighted by Crippen LogP contribution is -2.29. The van der Waals surface area contributed by atoms with Crippen molar-refractivity contribution in [2.75, 3.05) is 16.8 Å². The van der Waals surface area contributed by atoms with Crippen LogP contribution in [0.4, 0.5) is 11.4 Å². The predicted molar refractivity (Wildman–Crippen MR) is 172 cm³/mol. The van der Waals surface area contributed by atoms with Crippen LogP contribution in [0.5, 0.6) is 5.75 Å². The van der Waals surface area contributed by atoms with E-state index in [0.29, 0.717) is 16.5 Å². The number of nitrogens with one attached hydrogen (secondary N) is 2. The minimum atomic E-state index is -0.232. The summed E-state index contributed by atoms with van der Waals surface area (Å²) in [5.41, 5.74) is 7.13. The summed E-state index contributed by atoms with van der Waals surface area (Å²) in [6, 6.07) is 28.9. The van der Waals surface area contributed by atoms with Crippen molar-refractivity contribution in [3.05, 3.63) is 138 Å². The molecule has 0 bridgehead atoms. The molecule has 0 saturated carbocycles. The van der Waals surface area contributed by atoms with E-state index in [4.69, 9.17) is 17.0 Å². The number of amides is 1. The van der Waals surface area contributed by atoms with Crippen molar-refractivity contribution >= 4 is 34.6 Å². The van der Waals surface area contributed by atoms with Crippen LogP contribution in [-0.4, -0.2) is 32.2 Å². The fraction of sp³-hybridized carbons (Fsp3) is 0.176. The van der Waals surface area contributed by atoms with Crippen LogP contribution in [0.1, 0.15) is 40.3 Å². The molecule has 216 valence electrons. The molecule has 0 aliphatic carbocycles. The van der Waals surface area contributed by atoms with E-state index >= 15 is 0 Å². The Balaban J connectivity index is 1.28. The lowest BCUT2D eigenvalue weighted by molar-refractivity contribution is -0.118. The highest BCUT2D eigenvalue weighted by Crippen LogP contribution is 2.43. The first-order chi connectivity index (χ1) is 21.0. The molecule has 4 heterocycles. The highest BCUT2D eigenvalue weighted by molar-refractivity contribution is 7.80. The number of aryl methyl sites for hydroxylation is 1. The van der Waals surface area contributed by atoms with Gasteiger partial charge < -0.3 is 24.8 Å². The number of hydrogen-bond donors (Lipinski definition) is 2. The largest absolute Gasteiger partial charge is 0.484 e. The van der Waals surface area contributed by atoms with Gasteiger partial charge in [-0.15, -0.1) is 0 Å². The van der Waals surface area contributed by atoms with E-state index in [0.717, 1.165) is 34.9 Å². The zero-order valence-electron chi connectivity index (χ0n) is 24.0. The van der Waals surface area contributed by atoms with Crippen molar-refractivity contribution in [2.45, 2.75) is 32.5 Å². The fourth-order valence-corrected chi connectivity index (χ4v) is 5.91. The van der Waals surface area contributed by atoms with Gasteiger partial charge in [0.25, 0.3) is 5.91 Å². The Labute approximate surface area is 256 Å². The van der Waals surface area contributed by atoms with E-state index in [1.807, 2.05) is 91.3 Å². The summed E-state index contributed by atoms with van der Waals surface area (Å²) in [6.45, 7) is 4.94. The molecule has 1 saturated heterocycles. The molecule has 1 fully saturated rings. The van der Waals surface area contributed by atoms with Crippen LogP contribution >= 0.6 is 12.2 Å². The molecular formula is C34H32N6O2S. The monoisotopic (exact) mass is 588 g/mol. The lowest BCUT2D eigenvalue weighted by Gasteiger charge is -2.28. The minimum Gasteiger partial charge on any atom is -0.484 e. The number of anilines is 2.